The van der Waals surface area contributed by atoms with E-state index in [2.05, 4.69) is 0 Å². The summed E-state index contributed by atoms with van der Waals surface area (Å²) in [5.74, 6) is 0.141. The number of ether oxygens (including phenoxy) is 1. The maximum atomic E-state index is 13.2. The van der Waals surface area contributed by atoms with Crippen molar-refractivity contribution in [3.63, 3.8) is 0 Å². The fourth-order valence-electron chi connectivity index (χ4n) is 2.08. The first-order valence-electron chi connectivity index (χ1n) is 6.59. The van der Waals surface area contributed by atoms with Gasteiger partial charge in [0.15, 0.2) is 0 Å². The van der Waals surface area contributed by atoms with Crippen LogP contribution in [0.15, 0.2) is 18.2 Å². The SMILES string of the molecule is COc1ccc(B2OC(C)(C)C(C)(C)O2)c(C(F)(F)F)c1. The highest BCUT2D eigenvalue weighted by Crippen LogP contribution is 2.38. The third kappa shape index (κ3) is 2.89. The average molecular weight is 302 g/mol. The molecule has 1 aromatic rings. The molecule has 21 heavy (non-hydrogen) atoms. The molecule has 0 amide bonds. The Hall–Kier alpha value is -1.21. The molecule has 1 aromatic carbocycles. The second kappa shape index (κ2) is 4.92. The summed E-state index contributed by atoms with van der Waals surface area (Å²) in [7, 11) is 0.266. The molecule has 3 nitrogen and oxygen atoms in total. The van der Waals surface area contributed by atoms with E-state index in [4.69, 9.17) is 14.0 Å². The van der Waals surface area contributed by atoms with Gasteiger partial charge in [0.05, 0.1) is 23.9 Å². The van der Waals surface area contributed by atoms with Crippen LogP contribution < -0.4 is 10.2 Å². The number of hydrogen-bond acceptors (Lipinski definition) is 3. The molecule has 0 spiro atoms. The van der Waals surface area contributed by atoms with E-state index in [1.807, 2.05) is 0 Å². The minimum atomic E-state index is -4.51. The molecule has 116 valence electrons. The average Bonchev–Trinajstić information content (AvgIpc) is 2.56. The summed E-state index contributed by atoms with van der Waals surface area (Å²) in [6, 6.07) is 3.76. The lowest BCUT2D eigenvalue weighted by Crippen LogP contribution is -2.41. The van der Waals surface area contributed by atoms with Crippen LogP contribution in [-0.2, 0) is 15.5 Å². The van der Waals surface area contributed by atoms with E-state index in [0.29, 0.717) is 0 Å². The van der Waals surface area contributed by atoms with Gasteiger partial charge in [-0.3, -0.25) is 0 Å². The normalized spacial score (nSPS) is 20.7. The first-order chi connectivity index (χ1) is 9.48. The van der Waals surface area contributed by atoms with Gasteiger partial charge in [0.2, 0.25) is 0 Å². The molecule has 0 radical (unpaired) electrons. The highest BCUT2D eigenvalue weighted by atomic mass is 19.4. The molecule has 2 rings (SSSR count). The standard InChI is InChI=1S/C14H18BF3O3/c1-12(2)13(3,4)21-15(20-12)11-7-6-9(19-5)8-10(11)14(16,17)18/h6-8H,1-5H3. The van der Waals surface area contributed by atoms with Gasteiger partial charge in [-0.15, -0.1) is 0 Å². The van der Waals surface area contributed by atoms with Crippen molar-refractivity contribution in [1.29, 1.82) is 0 Å². The van der Waals surface area contributed by atoms with Crippen molar-refractivity contribution in [2.75, 3.05) is 7.11 Å². The van der Waals surface area contributed by atoms with Gasteiger partial charge in [0, 0.05) is 0 Å². The lowest BCUT2D eigenvalue weighted by molar-refractivity contribution is -0.137. The number of rotatable bonds is 2. The van der Waals surface area contributed by atoms with Crippen LogP contribution in [0.4, 0.5) is 13.2 Å². The fraction of sp³-hybridized carbons (Fsp3) is 0.571. The van der Waals surface area contributed by atoms with Crippen molar-refractivity contribution in [2.45, 2.75) is 45.1 Å². The molecule has 0 aromatic heterocycles. The largest absolute Gasteiger partial charge is 0.497 e. The van der Waals surface area contributed by atoms with Crippen LogP contribution in [0.5, 0.6) is 5.75 Å². The molecule has 7 heteroatoms. The lowest BCUT2D eigenvalue weighted by Gasteiger charge is -2.32. The lowest BCUT2D eigenvalue weighted by atomic mass is 9.75. The van der Waals surface area contributed by atoms with Crippen molar-refractivity contribution in [2.24, 2.45) is 0 Å². The first-order valence-corrected chi connectivity index (χ1v) is 6.59. The first kappa shape index (κ1) is 16.2. The zero-order valence-electron chi connectivity index (χ0n) is 12.7. The van der Waals surface area contributed by atoms with E-state index in [-0.39, 0.29) is 11.2 Å². The third-order valence-electron chi connectivity index (χ3n) is 4.07. The summed E-state index contributed by atoms with van der Waals surface area (Å²) in [6.07, 6.45) is -4.51. The molecule has 1 saturated heterocycles. The van der Waals surface area contributed by atoms with Gasteiger partial charge in [-0.25, -0.2) is 0 Å². The molecule has 0 N–H and O–H groups in total. The highest BCUT2D eigenvalue weighted by molar-refractivity contribution is 6.62. The number of alkyl halides is 3. The molecule has 0 saturated carbocycles. The Labute approximate surface area is 122 Å². The molecule has 1 aliphatic heterocycles. The molecular formula is C14H18BF3O3. The van der Waals surface area contributed by atoms with Crippen molar-refractivity contribution in [3.05, 3.63) is 23.8 Å². The minimum absolute atomic E-state index is 0.0399. The van der Waals surface area contributed by atoms with Crippen LogP contribution in [0.2, 0.25) is 0 Å². The second-order valence-corrected chi connectivity index (χ2v) is 6.04. The van der Waals surface area contributed by atoms with Crippen LogP contribution in [-0.4, -0.2) is 25.4 Å². The summed E-state index contributed by atoms with van der Waals surface area (Å²) in [5.41, 5.74) is -2.23. The van der Waals surface area contributed by atoms with Crippen LogP contribution in [0, 0.1) is 0 Å². The van der Waals surface area contributed by atoms with Crippen LogP contribution in [0.3, 0.4) is 0 Å². The van der Waals surface area contributed by atoms with Crippen LogP contribution in [0.1, 0.15) is 33.3 Å². The van der Waals surface area contributed by atoms with Gasteiger partial charge >= 0.3 is 13.3 Å². The second-order valence-electron chi connectivity index (χ2n) is 6.04. The van der Waals surface area contributed by atoms with E-state index in [0.717, 1.165) is 6.07 Å². The van der Waals surface area contributed by atoms with Gasteiger partial charge in [0.25, 0.3) is 0 Å². The fourth-order valence-corrected chi connectivity index (χ4v) is 2.08. The molecular weight excluding hydrogens is 284 g/mol. The number of benzene rings is 1. The Morgan fingerprint density at radius 1 is 1.05 bits per heavy atom. The number of hydrogen-bond donors (Lipinski definition) is 0. The van der Waals surface area contributed by atoms with Gasteiger partial charge < -0.3 is 14.0 Å². The maximum Gasteiger partial charge on any atom is 0.495 e. The van der Waals surface area contributed by atoms with E-state index in [1.165, 1.54) is 19.2 Å². The van der Waals surface area contributed by atoms with Crippen molar-refractivity contribution < 1.29 is 27.2 Å². The summed E-state index contributed by atoms with van der Waals surface area (Å²) in [5, 5.41) is 0. The monoisotopic (exact) mass is 302 g/mol. The molecule has 1 fully saturated rings. The molecule has 1 aliphatic rings. The predicted octanol–water partition coefficient (Wildman–Crippen LogP) is 3.01. The summed E-state index contributed by atoms with van der Waals surface area (Å²) >= 11 is 0. The van der Waals surface area contributed by atoms with Gasteiger partial charge in [-0.2, -0.15) is 13.2 Å². The Morgan fingerprint density at radius 2 is 1.57 bits per heavy atom. The van der Waals surface area contributed by atoms with E-state index in [1.54, 1.807) is 27.7 Å². The summed E-state index contributed by atoms with van der Waals surface area (Å²) in [4.78, 5) is 0. The molecule has 0 atom stereocenters. The summed E-state index contributed by atoms with van der Waals surface area (Å²) < 4.78 is 56.0. The van der Waals surface area contributed by atoms with Crippen molar-refractivity contribution in [1.82, 2.24) is 0 Å². The Kier molecular flexibility index (Phi) is 3.79. The van der Waals surface area contributed by atoms with E-state index < -0.39 is 30.1 Å². The predicted molar refractivity (Wildman–Crippen MR) is 73.7 cm³/mol. The smallest absolute Gasteiger partial charge is 0.495 e. The van der Waals surface area contributed by atoms with Gasteiger partial charge in [-0.1, -0.05) is 6.07 Å². The van der Waals surface area contributed by atoms with Crippen LogP contribution in [0.25, 0.3) is 0 Å². The van der Waals surface area contributed by atoms with Gasteiger partial charge in [0.1, 0.15) is 5.75 Å². The quantitative estimate of drug-likeness (QED) is 0.786. The molecule has 1 heterocycles. The number of halogens is 3. The van der Waals surface area contributed by atoms with E-state index in [9.17, 15) is 13.2 Å². The topological polar surface area (TPSA) is 27.7 Å². The molecule has 0 bridgehead atoms. The number of methoxy groups -OCH3 is 1. The zero-order valence-corrected chi connectivity index (χ0v) is 12.7. The van der Waals surface area contributed by atoms with E-state index >= 15 is 0 Å². The van der Waals surface area contributed by atoms with Gasteiger partial charge in [-0.05, 0) is 45.3 Å². The van der Waals surface area contributed by atoms with Crippen molar-refractivity contribution in [3.8, 4) is 5.75 Å². The van der Waals surface area contributed by atoms with Crippen molar-refractivity contribution >= 4 is 12.6 Å². The zero-order chi connectivity index (χ0) is 16.1. The third-order valence-corrected chi connectivity index (χ3v) is 4.07. The minimum Gasteiger partial charge on any atom is -0.497 e. The Balaban J connectivity index is 2.46. The Morgan fingerprint density at radius 3 is 2.00 bits per heavy atom. The maximum absolute atomic E-state index is 13.2. The summed E-state index contributed by atoms with van der Waals surface area (Å²) in [6.45, 7) is 7.18. The van der Waals surface area contributed by atoms with Crippen LogP contribution >= 0.6 is 0 Å². The highest BCUT2D eigenvalue weighted by Gasteiger charge is 2.53. The molecule has 0 aliphatic carbocycles. The Bertz CT molecular complexity index is 525. The molecule has 0 unspecified atom stereocenters.